The highest BCUT2D eigenvalue weighted by molar-refractivity contribution is 7.13. The molecule has 0 unspecified atom stereocenters. The summed E-state index contributed by atoms with van der Waals surface area (Å²) >= 11 is 1.59. The smallest absolute Gasteiger partial charge is 0.257 e. The van der Waals surface area contributed by atoms with Gasteiger partial charge in [-0.25, -0.2) is 15.0 Å². The van der Waals surface area contributed by atoms with Gasteiger partial charge in [-0.3, -0.25) is 4.79 Å². The van der Waals surface area contributed by atoms with Gasteiger partial charge in [0.25, 0.3) is 5.91 Å². The predicted octanol–water partition coefficient (Wildman–Crippen LogP) is 4.06. The second-order valence-corrected chi connectivity index (χ2v) is 7.53. The molecule has 2 heterocycles. The van der Waals surface area contributed by atoms with Crippen molar-refractivity contribution in [2.75, 3.05) is 7.05 Å². The Morgan fingerprint density at radius 1 is 1.23 bits per heavy atom. The standard InChI is InChI=1S/C20H20N4OS/c1-13-17(10-21-18(22-13)14-8-9-14)20(25)24(2)11-16-12-26-19(23-16)15-6-4-3-5-7-15/h3-7,10,12,14H,8-9,11H2,1-2H3. The molecule has 2 aromatic heterocycles. The van der Waals surface area contributed by atoms with Gasteiger partial charge < -0.3 is 4.90 Å². The molecule has 0 spiro atoms. The highest BCUT2D eigenvalue weighted by Gasteiger charge is 2.27. The molecule has 0 bridgehead atoms. The maximum absolute atomic E-state index is 12.8. The largest absolute Gasteiger partial charge is 0.336 e. The number of rotatable bonds is 5. The Kier molecular flexibility index (Phi) is 4.51. The Hall–Kier alpha value is -2.60. The number of carbonyl (C=O) groups excluding carboxylic acids is 1. The molecule has 0 radical (unpaired) electrons. The van der Waals surface area contributed by atoms with Crippen LogP contribution < -0.4 is 0 Å². The molecule has 0 aliphatic heterocycles. The van der Waals surface area contributed by atoms with Crippen molar-refractivity contribution in [3.05, 3.63) is 64.7 Å². The monoisotopic (exact) mass is 364 g/mol. The molecule has 6 heteroatoms. The van der Waals surface area contributed by atoms with Crippen molar-refractivity contribution in [2.24, 2.45) is 0 Å². The van der Waals surface area contributed by atoms with Crippen molar-refractivity contribution in [2.45, 2.75) is 32.2 Å². The summed E-state index contributed by atoms with van der Waals surface area (Å²) in [5.41, 5.74) is 3.30. The third kappa shape index (κ3) is 3.51. The van der Waals surface area contributed by atoms with Crippen LogP contribution in [0.2, 0.25) is 0 Å². The van der Waals surface area contributed by atoms with Crippen LogP contribution in [0.25, 0.3) is 10.6 Å². The van der Waals surface area contributed by atoms with E-state index in [-0.39, 0.29) is 5.91 Å². The normalized spacial score (nSPS) is 13.6. The van der Waals surface area contributed by atoms with Crippen LogP contribution in [0.3, 0.4) is 0 Å². The van der Waals surface area contributed by atoms with E-state index >= 15 is 0 Å². The topological polar surface area (TPSA) is 59.0 Å². The molecular weight excluding hydrogens is 344 g/mol. The second kappa shape index (κ2) is 6.96. The van der Waals surface area contributed by atoms with Gasteiger partial charge in [0, 0.05) is 30.1 Å². The number of thiazole rings is 1. The number of carbonyl (C=O) groups is 1. The van der Waals surface area contributed by atoms with Crippen LogP contribution in [0.15, 0.2) is 41.9 Å². The maximum Gasteiger partial charge on any atom is 0.257 e. The van der Waals surface area contributed by atoms with Crippen LogP contribution >= 0.6 is 11.3 Å². The van der Waals surface area contributed by atoms with Crippen LogP contribution in [0, 0.1) is 6.92 Å². The van der Waals surface area contributed by atoms with Crippen LogP contribution in [-0.4, -0.2) is 32.8 Å². The van der Waals surface area contributed by atoms with E-state index in [0.29, 0.717) is 18.0 Å². The van der Waals surface area contributed by atoms with Gasteiger partial charge in [-0.2, -0.15) is 0 Å². The molecule has 0 atom stereocenters. The number of aromatic nitrogens is 3. The molecule has 1 saturated carbocycles. The molecule has 1 aromatic carbocycles. The van der Waals surface area contributed by atoms with Crippen molar-refractivity contribution in [1.29, 1.82) is 0 Å². The first-order chi connectivity index (χ1) is 12.6. The van der Waals surface area contributed by atoms with E-state index < -0.39 is 0 Å². The lowest BCUT2D eigenvalue weighted by Gasteiger charge is -2.17. The van der Waals surface area contributed by atoms with Gasteiger partial charge in [0.2, 0.25) is 0 Å². The molecule has 26 heavy (non-hydrogen) atoms. The Bertz CT molecular complexity index is 934. The van der Waals surface area contributed by atoms with Crippen molar-refractivity contribution in [1.82, 2.24) is 19.9 Å². The summed E-state index contributed by atoms with van der Waals surface area (Å²) < 4.78 is 0. The number of benzene rings is 1. The molecule has 1 aliphatic carbocycles. The molecule has 1 fully saturated rings. The zero-order chi connectivity index (χ0) is 18.1. The predicted molar refractivity (Wildman–Crippen MR) is 102 cm³/mol. The summed E-state index contributed by atoms with van der Waals surface area (Å²) in [5.74, 6) is 1.29. The Morgan fingerprint density at radius 3 is 2.69 bits per heavy atom. The van der Waals surface area contributed by atoms with Gasteiger partial charge in [0.15, 0.2) is 0 Å². The molecule has 5 nitrogen and oxygen atoms in total. The van der Waals surface area contributed by atoms with Gasteiger partial charge in [-0.15, -0.1) is 11.3 Å². The minimum Gasteiger partial charge on any atom is -0.336 e. The summed E-state index contributed by atoms with van der Waals surface area (Å²) in [4.78, 5) is 28.0. The lowest BCUT2D eigenvalue weighted by atomic mass is 10.2. The Balaban J connectivity index is 1.47. The maximum atomic E-state index is 12.8. The van der Waals surface area contributed by atoms with E-state index in [4.69, 9.17) is 0 Å². The number of amides is 1. The van der Waals surface area contributed by atoms with Crippen molar-refractivity contribution in [3.8, 4) is 10.6 Å². The van der Waals surface area contributed by atoms with E-state index in [0.717, 1.165) is 40.6 Å². The van der Waals surface area contributed by atoms with E-state index in [2.05, 4.69) is 15.0 Å². The number of hydrogen-bond donors (Lipinski definition) is 0. The SMILES string of the molecule is Cc1nc(C2CC2)ncc1C(=O)N(C)Cc1csc(-c2ccccc2)n1. The lowest BCUT2D eigenvalue weighted by molar-refractivity contribution is 0.0782. The summed E-state index contributed by atoms with van der Waals surface area (Å²) in [7, 11) is 1.79. The van der Waals surface area contributed by atoms with Crippen LogP contribution in [0.1, 0.15) is 46.3 Å². The summed E-state index contributed by atoms with van der Waals surface area (Å²) in [6.45, 7) is 2.34. The molecule has 132 valence electrons. The van der Waals surface area contributed by atoms with Crippen LogP contribution in [0.4, 0.5) is 0 Å². The number of nitrogens with zero attached hydrogens (tertiary/aromatic N) is 4. The fraction of sp³-hybridized carbons (Fsp3) is 0.300. The quantitative estimate of drug-likeness (QED) is 0.685. The van der Waals surface area contributed by atoms with E-state index in [1.54, 1.807) is 29.5 Å². The molecular formula is C20H20N4OS. The first-order valence-corrected chi connectivity index (χ1v) is 9.58. The summed E-state index contributed by atoms with van der Waals surface area (Å²) in [6.07, 6.45) is 3.98. The van der Waals surface area contributed by atoms with Crippen LogP contribution in [0.5, 0.6) is 0 Å². The summed E-state index contributed by atoms with van der Waals surface area (Å²) in [6, 6.07) is 10.1. The minimum atomic E-state index is -0.0703. The lowest BCUT2D eigenvalue weighted by Crippen LogP contribution is -2.27. The fourth-order valence-electron chi connectivity index (χ4n) is 2.85. The van der Waals surface area contributed by atoms with Gasteiger partial charge in [-0.1, -0.05) is 30.3 Å². The Labute approximate surface area is 156 Å². The van der Waals surface area contributed by atoms with E-state index in [1.165, 1.54) is 0 Å². The van der Waals surface area contributed by atoms with Gasteiger partial charge in [-0.05, 0) is 19.8 Å². The number of hydrogen-bond acceptors (Lipinski definition) is 5. The third-order valence-electron chi connectivity index (χ3n) is 4.49. The zero-order valence-corrected chi connectivity index (χ0v) is 15.7. The second-order valence-electron chi connectivity index (χ2n) is 6.67. The number of aryl methyl sites for hydroxylation is 1. The highest BCUT2D eigenvalue weighted by Crippen LogP contribution is 2.38. The van der Waals surface area contributed by atoms with Crippen molar-refractivity contribution >= 4 is 17.2 Å². The van der Waals surface area contributed by atoms with E-state index in [1.807, 2.05) is 42.6 Å². The molecule has 0 saturated heterocycles. The Morgan fingerprint density at radius 2 is 2.00 bits per heavy atom. The highest BCUT2D eigenvalue weighted by atomic mass is 32.1. The average molecular weight is 364 g/mol. The van der Waals surface area contributed by atoms with Crippen molar-refractivity contribution in [3.63, 3.8) is 0 Å². The first kappa shape index (κ1) is 16.8. The van der Waals surface area contributed by atoms with Crippen molar-refractivity contribution < 1.29 is 4.79 Å². The van der Waals surface area contributed by atoms with Gasteiger partial charge in [0.1, 0.15) is 10.8 Å². The summed E-state index contributed by atoms with van der Waals surface area (Å²) in [5, 5.41) is 2.97. The van der Waals surface area contributed by atoms with E-state index in [9.17, 15) is 4.79 Å². The molecule has 1 amide bonds. The third-order valence-corrected chi connectivity index (χ3v) is 5.43. The molecule has 4 rings (SSSR count). The fourth-order valence-corrected chi connectivity index (χ4v) is 3.66. The van der Waals surface area contributed by atoms with Gasteiger partial charge >= 0.3 is 0 Å². The minimum absolute atomic E-state index is 0.0703. The average Bonchev–Trinajstić information content (AvgIpc) is 3.41. The zero-order valence-electron chi connectivity index (χ0n) is 14.8. The molecule has 1 aliphatic rings. The van der Waals surface area contributed by atoms with Crippen LogP contribution in [-0.2, 0) is 6.54 Å². The van der Waals surface area contributed by atoms with Gasteiger partial charge in [0.05, 0.1) is 23.5 Å². The molecule has 0 N–H and O–H groups in total. The molecule has 3 aromatic rings. The first-order valence-electron chi connectivity index (χ1n) is 8.70.